The summed E-state index contributed by atoms with van der Waals surface area (Å²) in [5.41, 5.74) is 9.75. The highest BCUT2D eigenvalue weighted by Crippen LogP contribution is 2.32. The molecule has 5 heterocycles. The number of piperidine rings is 1. The fraction of sp³-hybridized carbons (Fsp3) is 0.448. The van der Waals surface area contributed by atoms with Gasteiger partial charge in [0, 0.05) is 42.7 Å². The van der Waals surface area contributed by atoms with Gasteiger partial charge in [0.1, 0.15) is 23.5 Å². The van der Waals surface area contributed by atoms with Gasteiger partial charge in [0.25, 0.3) is 10.0 Å². The SMILES string of the molecule is CC(C)NC1=C(c2ccc(OC3CCN(C)CC3)cn2)CN(c2ccnc(-c3cnn(S(=O)(=O)C4CC4)c3)n2)C(N)=C1. The molecule has 3 aliphatic rings. The topological polar surface area (TPSA) is 144 Å². The molecular formula is C29H37N9O3S. The molecule has 3 aromatic rings. The number of hydrogen-bond donors (Lipinski definition) is 2. The van der Waals surface area contributed by atoms with Crippen LogP contribution < -0.4 is 20.7 Å². The molecule has 222 valence electrons. The van der Waals surface area contributed by atoms with E-state index in [0.29, 0.717) is 42.4 Å². The Morgan fingerprint density at radius 2 is 1.86 bits per heavy atom. The normalized spacial score (nSPS) is 18.9. The van der Waals surface area contributed by atoms with Crippen LogP contribution in [0.15, 0.2) is 60.6 Å². The smallest absolute Gasteiger partial charge is 0.256 e. The van der Waals surface area contributed by atoms with Gasteiger partial charge in [-0.2, -0.15) is 9.19 Å². The maximum Gasteiger partial charge on any atom is 0.256 e. The number of hydrogen-bond acceptors (Lipinski definition) is 11. The van der Waals surface area contributed by atoms with Gasteiger partial charge in [-0.25, -0.2) is 18.4 Å². The van der Waals surface area contributed by atoms with E-state index < -0.39 is 10.0 Å². The third-order valence-electron chi connectivity index (χ3n) is 7.65. The van der Waals surface area contributed by atoms with Crippen molar-refractivity contribution >= 4 is 21.4 Å². The zero-order valence-corrected chi connectivity index (χ0v) is 25.0. The fourth-order valence-corrected chi connectivity index (χ4v) is 6.64. The second-order valence-electron chi connectivity index (χ2n) is 11.4. The molecule has 6 rings (SSSR count). The molecule has 1 aliphatic carbocycles. The Hall–Kier alpha value is -3.97. The first-order valence-electron chi connectivity index (χ1n) is 14.4. The lowest BCUT2D eigenvalue weighted by Gasteiger charge is -2.31. The summed E-state index contributed by atoms with van der Waals surface area (Å²) in [7, 11) is -1.35. The maximum absolute atomic E-state index is 12.6. The number of likely N-dealkylation sites (tertiary alicyclic amines) is 1. The van der Waals surface area contributed by atoms with Gasteiger partial charge in [0.15, 0.2) is 5.82 Å². The van der Waals surface area contributed by atoms with Crippen LogP contribution in [-0.4, -0.2) is 81.5 Å². The minimum absolute atomic E-state index is 0.187. The van der Waals surface area contributed by atoms with E-state index in [1.54, 1.807) is 18.5 Å². The van der Waals surface area contributed by atoms with Crippen molar-refractivity contribution in [3.05, 3.63) is 66.3 Å². The van der Waals surface area contributed by atoms with Gasteiger partial charge >= 0.3 is 0 Å². The van der Waals surface area contributed by atoms with Gasteiger partial charge in [-0.05, 0) is 64.8 Å². The summed E-state index contributed by atoms with van der Waals surface area (Å²) in [5.74, 6) is 2.22. The molecule has 0 radical (unpaired) electrons. The third-order valence-corrected chi connectivity index (χ3v) is 9.68. The quantitative estimate of drug-likeness (QED) is 0.379. The van der Waals surface area contributed by atoms with E-state index in [1.807, 2.05) is 23.1 Å². The predicted octanol–water partition coefficient (Wildman–Crippen LogP) is 2.58. The van der Waals surface area contributed by atoms with Crippen molar-refractivity contribution in [3.63, 3.8) is 0 Å². The van der Waals surface area contributed by atoms with Gasteiger partial charge in [0.2, 0.25) is 0 Å². The van der Waals surface area contributed by atoms with Gasteiger partial charge in [-0.15, -0.1) is 0 Å². The number of allylic oxidation sites excluding steroid dienone is 1. The van der Waals surface area contributed by atoms with E-state index >= 15 is 0 Å². The monoisotopic (exact) mass is 591 g/mol. The number of nitrogens with two attached hydrogens (primary N) is 1. The zero-order valence-electron chi connectivity index (χ0n) is 24.1. The van der Waals surface area contributed by atoms with E-state index in [1.165, 1.54) is 12.4 Å². The molecule has 0 aromatic carbocycles. The summed E-state index contributed by atoms with van der Waals surface area (Å²) in [6.07, 6.45) is 11.8. The molecule has 0 amide bonds. The zero-order chi connectivity index (χ0) is 29.4. The molecule has 0 spiro atoms. The highest BCUT2D eigenvalue weighted by molar-refractivity contribution is 7.90. The molecule has 2 aliphatic heterocycles. The average molecular weight is 592 g/mol. The van der Waals surface area contributed by atoms with E-state index in [9.17, 15) is 8.42 Å². The Balaban J connectivity index is 1.24. The number of pyridine rings is 1. The summed E-state index contributed by atoms with van der Waals surface area (Å²) >= 11 is 0. The molecule has 1 saturated carbocycles. The predicted molar refractivity (Wildman–Crippen MR) is 161 cm³/mol. The number of ether oxygens (including phenoxy) is 1. The first-order chi connectivity index (χ1) is 20.2. The molecule has 1 saturated heterocycles. The molecule has 0 atom stereocenters. The summed E-state index contributed by atoms with van der Waals surface area (Å²) in [5, 5.41) is 7.22. The molecule has 12 nitrogen and oxygen atoms in total. The Bertz CT molecular complexity index is 1600. The van der Waals surface area contributed by atoms with E-state index in [-0.39, 0.29) is 17.4 Å². The van der Waals surface area contributed by atoms with E-state index in [4.69, 9.17) is 20.4 Å². The second kappa shape index (κ2) is 11.4. The van der Waals surface area contributed by atoms with Crippen LogP contribution in [0, 0.1) is 0 Å². The van der Waals surface area contributed by atoms with Gasteiger partial charge in [-0.3, -0.25) is 4.98 Å². The second-order valence-corrected chi connectivity index (χ2v) is 13.5. The lowest BCUT2D eigenvalue weighted by atomic mass is 10.0. The van der Waals surface area contributed by atoms with Gasteiger partial charge in [-0.1, -0.05) is 0 Å². The van der Waals surface area contributed by atoms with Crippen molar-refractivity contribution in [2.75, 3.05) is 31.6 Å². The summed E-state index contributed by atoms with van der Waals surface area (Å²) in [6.45, 7) is 6.64. The average Bonchev–Trinajstić information content (AvgIpc) is 3.72. The third kappa shape index (κ3) is 5.97. The lowest BCUT2D eigenvalue weighted by molar-refractivity contribution is 0.114. The van der Waals surface area contributed by atoms with Gasteiger partial charge in [0.05, 0.1) is 41.6 Å². The molecule has 13 heteroatoms. The van der Waals surface area contributed by atoms with Crippen LogP contribution in [0.2, 0.25) is 0 Å². The highest BCUT2D eigenvalue weighted by atomic mass is 32.2. The minimum Gasteiger partial charge on any atom is -0.489 e. The Morgan fingerprint density at radius 3 is 2.55 bits per heavy atom. The van der Waals surface area contributed by atoms with Crippen LogP contribution in [0.25, 0.3) is 17.0 Å². The number of rotatable bonds is 9. The summed E-state index contributed by atoms with van der Waals surface area (Å²) < 4.78 is 32.5. The number of anilines is 1. The van der Waals surface area contributed by atoms with Crippen molar-refractivity contribution in [2.24, 2.45) is 5.73 Å². The minimum atomic E-state index is -3.48. The molecule has 3 aromatic heterocycles. The molecule has 0 unspecified atom stereocenters. The van der Waals surface area contributed by atoms with Crippen molar-refractivity contribution in [1.82, 2.24) is 34.4 Å². The number of aromatic nitrogens is 5. The molecule has 42 heavy (non-hydrogen) atoms. The Morgan fingerprint density at radius 1 is 1.07 bits per heavy atom. The van der Waals surface area contributed by atoms with Crippen LogP contribution in [0.3, 0.4) is 0 Å². The Kier molecular flexibility index (Phi) is 7.62. The molecule has 2 fully saturated rings. The lowest BCUT2D eigenvalue weighted by Crippen LogP contribution is -2.36. The van der Waals surface area contributed by atoms with E-state index in [2.05, 4.69) is 41.2 Å². The van der Waals surface area contributed by atoms with E-state index in [0.717, 1.165) is 52.7 Å². The molecular weight excluding hydrogens is 554 g/mol. The summed E-state index contributed by atoms with van der Waals surface area (Å²) in [6, 6.07) is 5.92. The molecule has 3 N–H and O–H groups in total. The summed E-state index contributed by atoms with van der Waals surface area (Å²) in [4.78, 5) is 18.1. The molecule has 0 bridgehead atoms. The van der Waals surface area contributed by atoms with Crippen molar-refractivity contribution in [2.45, 2.75) is 56.9 Å². The first-order valence-corrected chi connectivity index (χ1v) is 15.9. The van der Waals surface area contributed by atoms with Crippen molar-refractivity contribution in [1.29, 1.82) is 0 Å². The fourth-order valence-electron chi connectivity index (χ4n) is 5.16. The van der Waals surface area contributed by atoms with Crippen molar-refractivity contribution < 1.29 is 13.2 Å². The van der Waals surface area contributed by atoms with Crippen LogP contribution in [0.5, 0.6) is 5.75 Å². The Labute approximate surface area is 246 Å². The first kappa shape index (κ1) is 28.2. The van der Waals surface area contributed by atoms with Gasteiger partial charge < -0.3 is 25.6 Å². The van der Waals surface area contributed by atoms with Crippen LogP contribution in [0.1, 0.15) is 45.2 Å². The van der Waals surface area contributed by atoms with Crippen LogP contribution in [0.4, 0.5) is 5.82 Å². The standard InChI is InChI=1S/C29H37N9O3S/c1-19(2)34-26-14-27(30)37(18-24(26)25-7-4-22(16-32-25)41-21-9-12-36(3)13-10-21)28-8-11-31-29(35-28)20-15-33-38(17-20)42(39,40)23-5-6-23/h4,7-8,11,14-17,19,21,23,34H,5-6,9-10,12-13,18,30H2,1-3H3. The van der Waals surface area contributed by atoms with Crippen LogP contribution >= 0.6 is 0 Å². The number of nitrogens with zero attached hydrogens (tertiary/aromatic N) is 7. The van der Waals surface area contributed by atoms with Crippen molar-refractivity contribution in [3.8, 4) is 17.1 Å². The number of nitrogens with one attached hydrogen (secondary N) is 1. The maximum atomic E-state index is 12.6. The van der Waals surface area contributed by atoms with Crippen LogP contribution in [-0.2, 0) is 10.0 Å². The largest absolute Gasteiger partial charge is 0.489 e. The highest BCUT2D eigenvalue weighted by Gasteiger charge is 2.37.